The second-order valence-electron chi connectivity index (χ2n) is 10.4. The Morgan fingerprint density at radius 3 is 2.41 bits per heavy atom. The quantitative estimate of drug-likeness (QED) is 0.442. The summed E-state index contributed by atoms with van der Waals surface area (Å²) in [6.45, 7) is 3.31. The van der Waals surface area contributed by atoms with Crippen molar-refractivity contribution >= 4 is 17.6 Å². The number of amides is 1. The van der Waals surface area contributed by atoms with Gasteiger partial charge in [0.2, 0.25) is 0 Å². The molecule has 12 heteroatoms. The Hall–Kier alpha value is -2.89. The highest BCUT2D eigenvalue weighted by atomic mass is 19.4. The number of hydrogen-bond acceptors (Lipinski definition) is 6. The van der Waals surface area contributed by atoms with Crippen molar-refractivity contribution in [2.24, 2.45) is 17.3 Å². The van der Waals surface area contributed by atoms with E-state index in [0.717, 1.165) is 37.8 Å². The molecule has 1 amide bonds. The largest absolute Gasteiger partial charge is 0.484 e. The zero-order valence-corrected chi connectivity index (χ0v) is 20.5. The molecule has 3 fully saturated rings. The average Bonchev–Trinajstić information content (AvgIpc) is 3.19. The number of oxazole rings is 1. The molecule has 0 radical (unpaired) electrons. The lowest BCUT2D eigenvalue weighted by Gasteiger charge is -2.48. The van der Waals surface area contributed by atoms with E-state index in [-0.39, 0.29) is 23.2 Å². The number of anilines is 2. The van der Waals surface area contributed by atoms with Crippen LogP contribution in [0.1, 0.15) is 48.9 Å². The van der Waals surface area contributed by atoms with Gasteiger partial charge in [-0.15, -0.1) is 0 Å². The molecule has 2 heterocycles. The fourth-order valence-corrected chi connectivity index (χ4v) is 5.43. The van der Waals surface area contributed by atoms with Crippen LogP contribution in [0.25, 0.3) is 0 Å². The van der Waals surface area contributed by atoms with Crippen LogP contribution >= 0.6 is 0 Å². The highest BCUT2D eigenvalue weighted by Crippen LogP contribution is 2.52. The number of benzene rings is 1. The number of nitrogens with zero attached hydrogens (tertiary/aromatic N) is 2. The maximum Gasteiger partial charge on any atom is 0.396 e. The van der Waals surface area contributed by atoms with Gasteiger partial charge in [-0.2, -0.15) is 18.2 Å². The first-order valence-corrected chi connectivity index (χ1v) is 12.3. The van der Waals surface area contributed by atoms with Crippen LogP contribution in [0.5, 0.6) is 5.75 Å². The van der Waals surface area contributed by atoms with Gasteiger partial charge in [0.1, 0.15) is 12.2 Å². The van der Waals surface area contributed by atoms with Gasteiger partial charge in [0.25, 0.3) is 11.9 Å². The molecule has 2 aliphatic carbocycles. The van der Waals surface area contributed by atoms with Gasteiger partial charge in [-0.05, 0) is 37.5 Å². The molecule has 202 valence electrons. The van der Waals surface area contributed by atoms with Crippen molar-refractivity contribution in [3.8, 4) is 5.75 Å². The van der Waals surface area contributed by atoms with E-state index in [1.165, 1.54) is 0 Å². The first-order valence-electron chi connectivity index (χ1n) is 12.3. The summed E-state index contributed by atoms with van der Waals surface area (Å²) in [6, 6.07) is 1.61. The summed E-state index contributed by atoms with van der Waals surface area (Å²) in [5, 5.41) is 2.23. The lowest BCUT2D eigenvalue weighted by atomic mass is 9.78. The van der Waals surface area contributed by atoms with Crippen molar-refractivity contribution in [2.75, 3.05) is 37.0 Å². The number of nitrogens with one attached hydrogen (secondary N) is 1. The number of alkyl halides is 3. The highest BCUT2D eigenvalue weighted by molar-refractivity contribution is 6.03. The molecular formula is C25H28F5N3O4. The summed E-state index contributed by atoms with van der Waals surface area (Å²) in [5.41, 5.74) is -1.06. The highest BCUT2D eigenvalue weighted by Gasteiger charge is 2.47. The molecule has 2 saturated carbocycles. The fourth-order valence-electron chi connectivity index (χ4n) is 5.43. The second-order valence-corrected chi connectivity index (χ2v) is 10.4. The van der Waals surface area contributed by atoms with Crippen LogP contribution in [-0.4, -0.2) is 50.0 Å². The third-order valence-electron chi connectivity index (χ3n) is 7.53. The Balaban J connectivity index is 1.32. The van der Waals surface area contributed by atoms with E-state index in [9.17, 15) is 26.7 Å². The van der Waals surface area contributed by atoms with Crippen molar-refractivity contribution in [1.82, 2.24) is 4.98 Å². The van der Waals surface area contributed by atoms with E-state index >= 15 is 0 Å². The Labute approximate surface area is 210 Å². The Bertz CT molecular complexity index is 1140. The molecule has 1 aliphatic heterocycles. The topological polar surface area (TPSA) is 76.8 Å². The fraction of sp³-hybridized carbons (Fsp3) is 0.600. The number of fused-ring (bicyclic) bond motifs is 1. The SMILES string of the molecule is CCC1(COC)CN(c2nc(C(=O)Nc3cc(F)c(OC4CC5CC5C4)c(F)c3)c(CC(F)(F)F)o2)C1. The van der Waals surface area contributed by atoms with E-state index in [1.54, 1.807) is 12.0 Å². The molecule has 3 aliphatic rings. The molecule has 5 rings (SSSR count). The Kier molecular flexibility index (Phi) is 6.57. The molecule has 1 saturated heterocycles. The minimum atomic E-state index is -4.66. The molecule has 2 aromatic rings. The average molecular weight is 530 g/mol. The number of halogens is 5. The van der Waals surface area contributed by atoms with Gasteiger partial charge in [0.05, 0.1) is 12.7 Å². The van der Waals surface area contributed by atoms with Gasteiger partial charge < -0.3 is 24.1 Å². The second kappa shape index (κ2) is 9.45. The lowest BCUT2D eigenvalue weighted by Crippen LogP contribution is -2.58. The minimum Gasteiger partial charge on any atom is -0.484 e. The number of carbonyl (C=O) groups excluding carboxylic acids is 1. The van der Waals surface area contributed by atoms with Gasteiger partial charge >= 0.3 is 6.18 Å². The number of aromatic nitrogens is 1. The number of hydrogen-bond donors (Lipinski definition) is 1. The summed E-state index contributed by atoms with van der Waals surface area (Å²) in [5.74, 6) is -3.19. The van der Waals surface area contributed by atoms with Crippen LogP contribution in [-0.2, 0) is 11.2 Å². The maximum atomic E-state index is 14.6. The Morgan fingerprint density at radius 1 is 1.19 bits per heavy atom. The Morgan fingerprint density at radius 2 is 1.84 bits per heavy atom. The predicted molar refractivity (Wildman–Crippen MR) is 123 cm³/mol. The zero-order chi connectivity index (χ0) is 26.5. The van der Waals surface area contributed by atoms with Crippen LogP contribution < -0.4 is 15.0 Å². The molecular weight excluding hydrogens is 501 g/mol. The van der Waals surface area contributed by atoms with E-state index in [2.05, 4.69) is 10.3 Å². The lowest BCUT2D eigenvalue weighted by molar-refractivity contribution is -0.130. The molecule has 1 aromatic heterocycles. The number of rotatable bonds is 9. The molecule has 2 atom stereocenters. The van der Waals surface area contributed by atoms with Gasteiger partial charge in [0.15, 0.2) is 23.1 Å². The summed E-state index contributed by atoms with van der Waals surface area (Å²) in [4.78, 5) is 18.5. The molecule has 2 unspecified atom stereocenters. The van der Waals surface area contributed by atoms with Crippen molar-refractivity contribution < 1.29 is 40.6 Å². The minimum absolute atomic E-state index is 0.125. The maximum absolute atomic E-state index is 14.6. The smallest absolute Gasteiger partial charge is 0.396 e. The number of carbonyl (C=O) groups is 1. The normalized spacial score (nSPS) is 24.0. The summed E-state index contributed by atoms with van der Waals surface area (Å²) >= 11 is 0. The van der Waals surface area contributed by atoms with Crippen LogP contribution in [0.3, 0.4) is 0 Å². The van der Waals surface area contributed by atoms with Crippen molar-refractivity contribution in [3.63, 3.8) is 0 Å². The summed E-state index contributed by atoms with van der Waals surface area (Å²) in [6.07, 6.45) is -3.04. The van der Waals surface area contributed by atoms with Crippen LogP contribution in [0, 0.1) is 28.9 Å². The van der Waals surface area contributed by atoms with Gasteiger partial charge in [-0.1, -0.05) is 6.92 Å². The van der Waals surface area contributed by atoms with Gasteiger partial charge in [0, 0.05) is 43.4 Å². The van der Waals surface area contributed by atoms with Gasteiger partial charge in [-0.25, -0.2) is 8.78 Å². The van der Waals surface area contributed by atoms with Crippen molar-refractivity contribution in [1.29, 1.82) is 0 Å². The number of ether oxygens (including phenoxy) is 2. The zero-order valence-electron chi connectivity index (χ0n) is 20.5. The molecule has 0 spiro atoms. The summed E-state index contributed by atoms with van der Waals surface area (Å²) < 4.78 is 84.9. The first-order chi connectivity index (χ1) is 17.5. The third-order valence-corrected chi connectivity index (χ3v) is 7.53. The van der Waals surface area contributed by atoms with E-state index in [1.807, 2.05) is 6.92 Å². The predicted octanol–water partition coefficient (Wildman–Crippen LogP) is 5.35. The molecule has 1 aromatic carbocycles. The monoisotopic (exact) mass is 529 g/mol. The molecule has 0 bridgehead atoms. The van der Waals surface area contributed by atoms with Crippen LogP contribution in [0.2, 0.25) is 0 Å². The van der Waals surface area contributed by atoms with Crippen LogP contribution in [0.15, 0.2) is 16.5 Å². The van der Waals surface area contributed by atoms with E-state index in [0.29, 0.717) is 31.5 Å². The van der Waals surface area contributed by atoms with Crippen LogP contribution in [0.4, 0.5) is 33.7 Å². The van der Waals surface area contributed by atoms with Crippen molar-refractivity contribution in [3.05, 3.63) is 35.2 Å². The first kappa shape index (κ1) is 25.7. The standard InChI is InChI=1S/C25H28F5N3O4/c1-3-24(12-35-2)10-33(11-24)23-32-20(19(37-23)9-25(28,29)30)22(34)31-15-7-17(26)21(18(27)8-15)36-16-5-13-4-14(13)6-16/h7-8,13-14,16H,3-6,9-12H2,1-2H3,(H,31,34). The summed E-state index contributed by atoms with van der Waals surface area (Å²) in [7, 11) is 1.57. The molecule has 1 N–H and O–H groups in total. The van der Waals surface area contributed by atoms with E-state index < -0.39 is 47.3 Å². The third kappa shape index (κ3) is 5.39. The molecule has 7 nitrogen and oxygen atoms in total. The molecule has 37 heavy (non-hydrogen) atoms. The van der Waals surface area contributed by atoms with E-state index in [4.69, 9.17) is 13.9 Å². The van der Waals surface area contributed by atoms with Crippen molar-refractivity contribution in [2.45, 2.75) is 51.3 Å². The number of methoxy groups -OCH3 is 1. The van der Waals surface area contributed by atoms with Gasteiger partial charge in [-0.3, -0.25) is 4.79 Å².